The molecular formula is C15H13BrN4O5. The van der Waals surface area contributed by atoms with Crippen LogP contribution >= 0.6 is 15.9 Å². The van der Waals surface area contributed by atoms with Crippen LogP contribution in [-0.4, -0.2) is 36.2 Å². The highest BCUT2D eigenvalue weighted by atomic mass is 79.9. The predicted octanol–water partition coefficient (Wildman–Crippen LogP) is 2.53. The molecule has 0 saturated heterocycles. The molecular weight excluding hydrogens is 396 g/mol. The van der Waals surface area contributed by atoms with Crippen LogP contribution in [-0.2, 0) is 0 Å². The quantitative estimate of drug-likeness (QED) is 0.445. The Labute approximate surface area is 150 Å². The molecule has 130 valence electrons. The summed E-state index contributed by atoms with van der Waals surface area (Å²) in [5, 5.41) is 14.9. The number of nitro groups is 1. The van der Waals surface area contributed by atoms with Gasteiger partial charge in [0.15, 0.2) is 0 Å². The van der Waals surface area contributed by atoms with Crippen molar-refractivity contribution < 1.29 is 19.2 Å². The van der Waals surface area contributed by atoms with Crippen LogP contribution in [0.25, 0.3) is 0 Å². The van der Waals surface area contributed by atoms with E-state index in [0.717, 1.165) is 0 Å². The third-order valence-corrected chi connectivity index (χ3v) is 3.50. The molecule has 0 unspecified atom stereocenters. The molecule has 2 rings (SSSR count). The number of pyridine rings is 1. The maximum absolute atomic E-state index is 12.0. The van der Waals surface area contributed by atoms with E-state index in [1.165, 1.54) is 38.8 Å². The summed E-state index contributed by atoms with van der Waals surface area (Å²) >= 11 is 3.22. The van der Waals surface area contributed by atoms with E-state index < -0.39 is 10.8 Å². The molecule has 0 aliphatic heterocycles. The van der Waals surface area contributed by atoms with Crippen LogP contribution in [0.5, 0.6) is 11.5 Å². The number of nitro benzene ring substituents is 1. The van der Waals surface area contributed by atoms with Crippen molar-refractivity contribution in [2.24, 2.45) is 5.10 Å². The van der Waals surface area contributed by atoms with Crippen molar-refractivity contribution in [3.63, 3.8) is 0 Å². The molecule has 1 amide bonds. The normalized spacial score (nSPS) is 10.5. The lowest BCUT2D eigenvalue weighted by Crippen LogP contribution is -2.17. The Kier molecular flexibility index (Phi) is 6.01. The van der Waals surface area contributed by atoms with Gasteiger partial charge in [-0.15, -0.1) is 0 Å². The standard InChI is InChI=1S/C15H13BrN4O5/c1-24-13-5-14(25-2)12(20(22)23)4-9(13)7-18-19-15(21)10-3-11(16)8-17-6-10/h3-8H,1-2H3,(H,19,21)/b18-7+. The van der Waals surface area contributed by atoms with E-state index in [4.69, 9.17) is 9.47 Å². The van der Waals surface area contributed by atoms with Crippen LogP contribution in [0.2, 0.25) is 0 Å². The first kappa shape index (κ1) is 18.3. The summed E-state index contributed by atoms with van der Waals surface area (Å²) in [5.74, 6) is -0.111. The first-order chi connectivity index (χ1) is 12.0. The molecule has 1 heterocycles. The zero-order valence-electron chi connectivity index (χ0n) is 13.2. The number of hydrazone groups is 1. The van der Waals surface area contributed by atoms with Gasteiger partial charge in [-0.2, -0.15) is 5.10 Å². The van der Waals surface area contributed by atoms with Gasteiger partial charge in [-0.25, -0.2) is 5.43 Å². The van der Waals surface area contributed by atoms with Crippen LogP contribution in [0, 0.1) is 10.1 Å². The average molecular weight is 409 g/mol. The Morgan fingerprint density at radius 3 is 2.60 bits per heavy atom. The molecule has 1 N–H and O–H groups in total. The smallest absolute Gasteiger partial charge is 0.311 e. The molecule has 0 aliphatic rings. The topological polar surface area (TPSA) is 116 Å². The molecule has 0 saturated carbocycles. The van der Waals surface area contributed by atoms with E-state index in [1.54, 1.807) is 12.3 Å². The highest BCUT2D eigenvalue weighted by Gasteiger charge is 2.18. The second-order valence-corrected chi connectivity index (χ2v) is 5.53. The number of hydrogen-bond acceptors (Lipinski definition) is 7. The van der Waals surface area contributed by atoms with Crippen LogP contribution in [0.15, 0.2) is 40.2 Å². The number of ether oxygens (including phenoxy) is 2. The van der Waals surface area contributed by atoms with Gasteiger partial charge in [-0.05, 0) is 22.0 Å². The summed E-state index contributed by atoms with van der Waals surface area (Å²) < 4.78 is 10.8. The van der Waals surface area contributed by atoms with Crippen molar-refractivity contribution in [2.75, 3.05) is 14.2 Å². The number of rotatable bonds is 6. The molecule has 25 heavy (non-hydrogen) atoms. The fourth-order valence-electron chi connectivity index (χ4n) is 1.91. The minimum absolute atomic E-state index is 0.0586. The molecule has 0 atom stereocenters. The number of methoxy groups -OCH3 is 2. The lowest BCUT2D eigenvalue weighted by Gasteiger charge is -2.08. The van der Waals surface area contributed by atoms with Gasteiger partial charge in [-0.1, -0.05) is 0 Å². The van der Waals surface area contributed by atoms with E-state index in [2.05, 4.69) is 31.4 Å². The molecule has 0 radical (unpaired) electrons. The summed E-state index contributed by atoms with van der Waals surface area (Å²) in [6.07, 6.45) is 4.17. The van der Waals surface area contributed by atoms with Crippen LogP contribution < -0.4 is 14.9 Å². The van der Waals surface area contributed by atoms with Gasteiger partial charge >= 0.3 is 5.69 Å². The fraction of sp³-hybridized carbons (Fsp3) is 0.133. The largest absolute Gasteiger partial charge is 0.496 e. The lowest BCUT2D eigenvalue weighted by atomic mass is 10.1. The Morgan fingerprint density at radius 1 is 1.28 bits per heavy atom. The molecule has 2 aromatic rings. The Morgan fingerprint density at radius 2 is 2.00 bits per heavy atom. The summed E-state index contributed by atoms with van der Waals surface area (Å²) in [5.41, 5.74) is 2.69. The number of amides is 1. The van der Waals surface area contributed by atoms with E-state index >= 15 is 0 Å². The van der Waals surface area contributed by atoms with Gasteiger partial charge in [-0.3, -0.25) is 19.9 Å². The lowest BCUT2D eigenvalue weighted by molar-refractivity contribution is -0.385. The van der Waals surface area contributed by atoms with E-state index in [1.807, 2.05) is 0 Å². The number of halogens is 1. The third-order valence-electron chi connectivity index (χ3n) is 3.06. The van der Waals surface area contributed by atoms with Crippen molar-refractivity contribution in [1.82, 2.24) is 10.4 Å². The minimum Gasteiger partial charge on any atom is -0.496 e. The van der Waals surface area contributed by atoms with Crippen molar-refractivity contribution in [3.8, 4) is 11.5 Å². The number of carbonyl (C=O) groups excluding carboxylic acids is 1. The van der Waals surface area contributed by atoms with Crippen molar-refractivity contribution in [3.05, 3.63) is 56.3 Å². The van der Waals surface area contributed by atoms with Gasteiger partial charge in [0.2, 0.25) is 5.75 Å². The number of benzene rings is 1. The molecule has 0 fully saturated rings. The van der Waals surface area contributed by atoms with Gasteiger partial charge in [0.1, 0.15) is 5.75 Å². The molecule has 0 spiro atoms. The van der Waals surface area contributed by atoms with E-state index in [-0.39, 0.29) is 11.4 Å². The predicted molar refractivity (Wildman–Crippen MR) is 93.2 cm³/mol. The summed E-state index contributed by atoms with van der Waals surface area (Å²) in [4.78, 5) is 26.4. The molecule has 0 bridgehead atoms. The van der Waals surface area contributed by atoms with Gasteiger partial charge < -0.3 is 9.47 Å². The van der Waals surface area contributed by atoms with Gasteiger partial charge in [0.25, 0.3) is 5.91 Å². The SMILES string of the molecule is COc1cc(OC)c([N+](=O)[O-])cc1/C=N/NC(=O)c1cncc(Br)c1. The molecule has 1 aromatic heterocycles. The number of nitrogens with one attached hydrogen (secondary N) is 1. The number of hydrogen-bond donors (Lipinski definition) is 1. The summed E-state index contributed by atoms with van der Waals surface area (Å²) in [6, 6.07) is 4.20. The second-order valence-electron chi connectivity index (χ2n) is 4.61. The number of aromatic nitrogens is 1. The van der Waals surface area contributed by atoms with Crippen molar-refractivity contribution in [2.45, 2.75) is 0 Å². The molecule has 9 nitrogen and oxygen atoms in total. The van der Waals surface area contributed by atoms with Gasteiger partial charge in [0.05, 0.1) is 30.9 Å². The van der Waals surface area contributed by atoms with E-state index in [9.17, 15) is 14.9 Å². The third kappa shape index (κ3) is 4.51. The Hall–Kier alpha value is -3.01. The first-order valence-electron chi connectivity index (χ1n) is 6.80. The van der Waals surface area contributed by atoms with Crippen molar-refractivity contribution in [1.29, 1.82) is 0 Å². The van der Waals surface area contributed by atoms with Crippen LogP contribution in [0.3, 0.4) is 0 Å². The average Bonchev–Trinajstić information content (AvgIpc) is 2.60. The number of carbonyl (C=O) groups is 1. The highest BCUT2D eigenvalue weighted by molar-refractivity contribution is 9.10. The fourth-order valence-corrected chi connectivity index (χ4v) is 2.28. The zero-order chi connectivity index (χ0) is 18.4. The molecule has 1 aromatic carbocycles. The minimum atomic E-state index is -0.582. The van der Waals surface area contributed by atoms with Crippen LogP contribution in [0.4, 0.5) is 5.69 Å². The summed E-state index contributed by atoms with van der Waals surface area (Å²) in [7, 11) is 2.73. The highest BCUT2D eigenvalue weighted by Crippen LogP contribution is 2.33. The zero-order valence-corrected chi connectivity index (χ0v) is 14.8. The Bertz CT molecular complexity index is 841. The Balaban J connectivity index is 2.23. The maximum Gasteiger partial charge on any atom is 0.311 e. The number of nitrogens with zero attached hydrogens (tertiary/aromatic N) is 3. The monoisotopic (exact) mass is 408 g/mol. The summed E-state index contributed by atoms with van der Waals surface area (Å²) in [6.45, 7) is 0. The van der Waals surface area contributed by atoms with Crippen LogP contribution in [0.1, 0.15) is 15.9 Å². The maximum atomic E-state index is 12.0. The molecule has 0 aliphatic carbocycles. The van der Waals surface area contributed by atoms with E-state index in [0.29, 0.717) is 21.3 Å². The van der Waals surface area contributed by atoms with Gasteiger partial charge in [0, 0.05) is 34.6 Å². The van der Waals surface area contributed by atoms with Crippen molar-refractivity contribution >= 4 is 33.7 Å². The molecule has 10 heteroatoms. The first-order valence-corrected chi connectivity index (χ1v) is 7.60. The second kappa shape index (κ2) is 8.20.